The van der Waals surface area contributed by atoms with Gasteiger partial charge in [0.1, 0.15) is 5.82 Å². The van der Waals surface area contributed by atoms with Crippen LogP contribution >= 0.6 is 11.8 Å². The van der Waals surface area contributed by atoms with Crippen molar-refractivity contribution >= 4 is 17.7 Å². The van der Waals surface area contributed by atoms with E-state index in [1.54, 1.807) is 11.8 Å². The van der Waals surface area contributed by atoms with E-state index in [0.717, 1.165) is 25.1 Å². The minimum absolute atomic E-state index is 0.206. The van der Waals surface area contributed by atoms with Gasteiger partial charge in [0, 0.05) is 19.0 Å². The molecule has 4 heteroatoms. The maximum Gasteiger partial charge on any atom is 0.232 e. The highest BCUT2D eigenvalue weighted by molar-refractivity contribution is 7.99. The predicted molar refractivity (Wildman–Crippen MR) is 68.7 cm³/mol. The normalized spacial score (nSPS) is 19.6. The molecule has 1 saturated heterocycles. The number of halogens is 1. The maximum atomic E-state index is 12.8. The van der Waals surface area contributed by atoms with Crippen molar-refractivity contribution in [3.8, 4) is 0 Å². The zero-order valence-electron chi connectivity index (χ0n) is 9.86. The number of benzene rings is 1. The summed E-state index contributed by atoms with van der Waals surface area (Å²) in [6.07, 6.45) is 2.91. The van der Waals surface area contributed by atoms with Gasteiger partial charge in [-0.15, -0.1) is 0 Å². The molecular weight excluding hydrogens is 237 g/mol. The number of nitrogens with zero attached hydrogens (tertiary/aromatic N) is 1. The summed E-state index contributed by atoms with van der Waals surface area (Å²) >= 11 is 1.55. The molecule has 0 aromatic heterocycles. The Morgan fingerprint density at radius 1 is 1.47 bits per heavy atom. The lowest BCUT2D eigenvalue weighted by Gasteiger charge is -2.16. The number of hydrogen-bond acceptors (Lipinski definition) is 2. The van der Waals surface area contributed by atoms with E-state index in [-0.39, 0.29) is 11.7 Å². The monoisotopic (exact) mass is 253 g/mol. The summed E-state index contributed by atoms with van der Waals surface area (Å²) in [5.41, 5.74) is 1.13. The number of hydrogen-bond donors (Lipinski definition) is 0. The molecule has 0 spiro atoms. The standard InChI is InChI=1S/C13H16FNOS/c1-17-9-13(16)15-7-6-11(8-15)10-2-4-12(14)5-3-10/h2-5,11H,6-9H2,1H3/t11-/m1/s1. The first-order valence-electron chi connectivity index (χ1n) is 5.73. The summed E-state index contributed by atoms with van der Waals surface area (Å²) in [7, 11) is 0. The number of carbonyl (C=O) groups excluding carboxylic acids is 1. The van der Waals surface area contributed by atoms with E-state index in [1.807, 2.05) is 23.3 Å². The van der Waals surface area contributed by atoms with E-state index >= 15 is 0 Å². The first-order chi connectivity index (χ1) is 8.20. The van der Waals surface area contributed by atoms with Gasteiger partial charge in [-0.2, -0.15) is 11.8 Å². The van der Waals surface area contributed by atoms with Crippen molar-refractivity contribution in [3.05, 3.63) is 35.6 Å². The lowest BCUT2D eigenvalue weighted by Crippen LogP contribution is -2.29. The molecule has 1 aromatic carbocycles. The molecule has 0 N–H and O–H groups in total. The van der Waals surface area contributed by atoms with Crippen LogP contribution in [0, 0.1) is 5.82 Å². The number of rotatable bonds is 3. The predicted octanol–water partition coefficient (Wildman–Crippen LogP) is 2.50. The van der Waals surface area contributed by atoms with E-state index in [0.29, 0.717) is 11.7 Å². The van der Waals surface area contributed by atoms with Crippen LogP contribution in [0.15, 0.2) is 24.3 Å². The summed E-state index contributed by atoms with van der Waals surface area (Å²) in [6.45, 7) is 1.59. The zero-order valence-corrected chi connectivity index (χ0v) is 10.7. The Hall–Kier alpha value is -1.03. The minimum Gasteiger partial charge on any atom is -0.341 e. The first kappa shape index (κ1) is 12.4. The van der Waals surface area contributed by atoms with E-state index in [4.69, 9.17) is 0 Å². The van der Waals surface area contributed by atoms with Gasteiger partial charge in [-0.1, -0.05) is 12.1 Å². The van der Waals surface area contributed by atoms with Crippen molar-refractivity contribution in [1.29, 1.82) is 0 Å². The van der Waals surface area contributed by atoms with Crippen molar-refractivity contribution in [2.24, 2.45) is 0 Å². The molecule has 2 nitrogen and oxygen atoms in total. The fourth-order valence-corrected chi connectivity index (χ4v) is 2.64. The second-order valence-corrected chi connectivity index (χ2v) is 5.18. The average Bonchev–Trinajstić information content (AvgIpc) is 2.80. The molecule has 0 bridgehead atoms. The molecule has 1 atom stereocenters. The first-order valence-corrected chi connectivity index (χ1v) is 7.12. The van der Waals surface area contributed by atoms with Crippen molar-refractivity contribution in [1.82, 2.24) is 4.90 Å². The average molecular weight is 253 g/mol. The maximum absolute atomic E-state index is 12.8. The van der Waals surface area contributed by atoms with Crippen LogP contribution in [0.25, 0.3) is 0 Å². The van der Waals surface area contributed by atoms with Crippen molar-refractivity contribution in [2.45, 2.75) is 12.3 Å². The minimum atomic E-state index is -0.206. The third-order valence-corrected chi connectivity index (χ3v) is 3.69. The SMILES string of the molecule is CSCC(=O)N1CC[C@@H](c2ccc(F)cc2)C1. The fourth-order valence-electron chi connectivity index (χ4n) is 2.21. The number of likely N-dealkylation sites (tertiary alicyclic amines) is 1. The molecule has 92 valence electrons. The van der Waals surface area contributed by atoms with Crippen LogP contribution in [0.3, 0.4) is 0 Å². The third-order valence-electron chi connectivity index (χ3n) is 3.15. The van der Waals surface area contributed by atoms with Crippen LogP contribution in [0.4, 0.5) is 4.39 Å². The molecule has 1 aromatic rings. The summed E-state index contributed by atoms with van der Waals surface area (Å²) in [6, 6.07) is 6.62. The van der Waals surface area contributed by atoms with Crippen molar-refractivity contribution in [2.75, 3.05) is 25.1 Å². The molecule has 1 heterocycles. The second kappa shape index (κ2) is 5.54. The van der Waals surface area contributed by atoms with Crippen LogP contribution in [-0.4, -0.2) is 35.9 Å². The van der Waals surface area contributed by atoms with Gasteiger partial charge in [0.05, 0.1) is 5.75 Å². The van der Waals surface area contributed by atoms with E-state index in [9.17, 15) is 9.18 Å². The van der Waals surface area contributed by atoms with Gasteiger partial charge >= 0.3 is 0 Å². The third kappa shape index (κ3) is 3.00. The molecule has 2 rings (SSSR count). The summed E-state index contributed by atoms with van der Waals surface area (Å²) in [4.78, 5) is 13.6. The van der Waals surface area contributed by atoms with Gasteiger partial charge in [-0.25, -0.2) is 4.39 Å². The zero-order chi connectivity index (χ0) is 12.3. The van der Waals surface area contributed by atoms with Gasteiger partial charge in [-0.3, -0.25) is 4.79 Å². The highest BCUT2D eigenvalue weighted by atomic mass is 32.2. The van der Waals surface area contributed by atoms with Gasteiger partial charge < -0.3 is 4.90 Å². The van der Waals surface area contributed by atoms with Crippen LogP contribution in [0.2, 0.25) is 0 Å². The summed E-state index contributed by atoms with van der Waals surface area (Å²) in [5.74, 6) is 0.918. The van der Waals surface area contributed by atoms with Crippen LogP contribution in [0.5, 0.6) is 0 Å². The van der Waals surface area contributed by atoms with Crippen molar-refractivity contribution in [3.63, 3.8) is 0 Å². The van der Waals surface area contributed by atoms with Crippen LogP contribution in [-0.2, 0) is 4.79 Å². The van der Waals surface area contributed by atoms with E-state index < -0.39 is 0 Å². The number of carbonyl (C=O) groups is 1. The lowest BCUT2D eigenvalue weighted by atomic mass is 9.99. The molecule has 0 radical (unpaired) electrons. The Bertz CT molecular complexity index is 393. The Morgan fingerprint density at radius 2 is 2.18 bits per heavy atom. The lowest BCUT2D eigenvalue weighted by molar-refractivity contribution is -0.127. The van der Waals surface area contributed by atoms with Crippen LogP contribution < -0.4 is 0 Å². The molecule has 0 unspecified atom stereocenters. The molecular formula is C13H16FNOS. The van der Waals surface area contributed by atoms with Gasteiger partial charge in [0.2, 0.25) is 5.91 Å². The molecule has 1 amide bonds. The Balaban J connectivity index is 1.98. The summed E-state index contributed by atoms with van der Waals surface area (Å²) < 4.78 is 12.8. The summed E-state index contributed by atoms with van der Waals surface area (Å²) in [5, 5.41) is 0. The molecule has 0 saturated carbocycles. The van der Waals surface area contributed by atoms with Crippen LogP contribution in [0.1, 0.15) is 17.9 Å². The van der Waals surface area contributed by atoms with E-state index in [2.05, 4.69) is 0 Å². The smallest absolute Gasteiger partial charge is 0.232 e. The number of amides is 1. The van der Waals surface area contributed by atoms with Crippen molar-refractivity contribution < 1.29 is 9.18 Å². The second-order valence-electron chi connectivity index (χ2n) is 4.31. The molecule has 1 fully saturated rings. The van der Waals surface area contributed by atoms with Gasteiger partial charge in [-0.05, 0) is 30.4 Å². The number of thioether (sulfide) groups is 1. The largest absolute Gasteiger partial charge is 0.341 e. The highest BCUT2D eigenvalue weighted by Gasteiger charge is 2.26. The van der Waals surface area contributed by atoms with E-state index in [1.165, 1.54) is 12.1 Å². The molecule has 0 aliphatic carbocycles. The van der Waals surface area contributed by atoms with Gasteiger partial charge in [0.15, 0.2) is 0 Å². The molecule has 1 aliphatic heterocycles. The topological polar surface area (TPSA) is 20.3 Å². The highest BCUT2D eigenvalue weighted by Crippen LogP contribution is 2.27. The molecule has 1 aliphatic rings. The fraction of sp³-hybridized carbons (Fsp3) is 0.462. The Labute approximate surface area is 105 Å². The van der Waals surface area contributed by atoms with Gasteiger partial charge in [0.25, 0.3) is 0 Å². The quantitative estimate of drug-likeness (QED) is 0.825. The molecule has 17 heavy (non-hydrogen) atoms. The Kier molecular flexibility index (Phi) is 4.05. The Morgan fingerprint density at radius 3 is 2.82 bits per heavy atom.